The number of rotatable bonds is 2. The maximum Gasteiger partial charge on any atom is 0.257 e. The second-order valence-corrected chi connectivity index (χ2v) is 5.25. The van der Waals surface area contributed by atoms with E-state index in [1.165, 1.54) is 0 Å². The number of H-pyrrole nitrogens is 2. The first kappa shape index (κ1) is 12.6. The molecule has 0 aliphatic rings. The van der Waals surface area contributed by atoms with Crippen molar-refractivity contribution in [2.24, 2.45) is 0 Å². The zero-order valence-electron chi connectivity index (χ0n) is 11.6. The van der Waals surface area contributed by atoms with Gasteiger partial charge in [-0.25, -0.2) is 0 Å². The highest BCUT2D eigenvalue weighted by atomic mass is 16.1. The van der Waals surface area contributed by atoms with Crippen LogP contribution in [0.2, 0.25) is 0 Å². The molecule has 4 heteroatoms. The average molecular weight is 288 g/mol. The number of pyridine rings is 1. The number of aldehydes is 1. The number of aromatic amines is 2. The molecule has 0 aliphatic heterocycles. The van der Waals surface area contributed by atoms with E-state index in [9.17, 15) is 9.59 Å². The minimum atomic E-state index is -0.138. The van der Waals surface area contributed by atoms with E-state index in [1.807, 2.05) is 42.5 Å². The monoisotopic (exact) mass is 288 g/mol. The van der Waals surface area contributed by atoms with E-state index >= 15 is 0 Å². The molecule has 0 fully saturated rings. The van der Waals surface area contributed by atoms with Crippen LogP contribution in [0, 0.1) is 0 Å². The predicted octanol–water partition coefficient (Wildman–Crippen LogP) is 3.49. The van der Waals surface area contributed by atoms with Gasteiger partial charge in [-0.1, -0.05) is 18.2 Å². The lowest BCUT2D eigenvalue weighted by atomic mass is 10.1. The Hall–Kier alpha value is -3.14. The number of aromatic nitrogens is 2. The first-order chi connectivity index (χ1) is 10.7. The lowest BCUT2D eigenvalue weighted by molar-refractivity contribution is 0.112. The molecular formula is C18H12N2O2. The quantitative estimate of drug-likeness (QED) is 0.554. The van der Waals surface area contributed by atoms with Crippen LogP contribution < -0.4 is 5.56 Å². The molecule has 2 N–H and O–H groups in total. The summed E-state index contributed by atoms with van der Waals surface area (Å²) in [5.74, 6) is 0. The fourth-order valence-corrected chi connectivity index (χ4v) is 2.72. The van der Waals surface area contributed by atoms with E-state index < -0.39 is 0 Å². The molecule has 4 aromatic rings. The molecule has 0 aliphatic carbocycles. The lowest BCUT2D eigenvalue weighted by Crippen LogP contribution is -2.08. The van der Waals surface area contributed by atoms with Gasteiger partial charge in [-0.3, -0.25) is 9.59 Å². The Kier molecular flexibility index (Phi) is 2.69. The number of para-hydroxylation sites is 1. The first-order valence-electron chi connectivity index (χ1n) is 6.95. The maximum atomic E-state index is 12.3. The molecule has 2 aromatic heterocycles. The van der Waals surface area contributed by atoms with Gasteiger partial charge >= 0.3 is 0 Å². The first-order valence-corrected chi connectivity index (χ1v) is 6.95. The van der Waals surface area contributed by atoms with Gasteiger partial charge in [0.05, 0.1) is 11.3 Å². The predicted molar refractivity (Wildman–Crippen MR) is 87.2 cm³/mol. The summed E-state index contributed by atoms with van der Waals surface area (Å²) in [5.41, 5.74) is 3.52. The lowest BCUT2D eigenvalue weighted by Gasteiger charge is -2.01. The molecule has 4 rings (SSSR count). The molecule has 0 amide bonds. The van der Waals surface area contributed by atoms with Gasteiger partial charge in [0.1, 0.15) is 6.29 Å². The summed E-state index contributed by atoms with van der Waals surface area (Å²) in [7, 11) is 0. The van der Waals surface area contributed by atoms with Gasteiger partial charge in [-0.15, -0.1) is 0 Å². The van der Waals surface area contributed by atoms with Crippen LogP contribution in [0.3, 0.4) is 0 Å². The van der Waals surface area contributed by atoms with Crippen LogP contribution in [-0.2, 0) is 0 Å². The van der Waals surface area contributed by atoms with Crippen LogP contribution in [0.15, 0.2) is 59.4 Å². The summed E-state index contributed by atoms with van der Waals surface area (Å²) >= 11 is 0. The van der Waals surface area contributed by atoms with Crippen molar-refractivity contribution in [2.75, 3.05) is 0 Å². The van der Waals surface area contributed by atoms with Crippen molar-refractivity contribution in [3.05, 3.63) is 70.5 Å². The van der Waals surface area contributed by atoms with Crippen molar-refractivity contribution in [3.8, 4) is 11.3 Å². The van der Waals surface area contributed by atoms with Gasteiger partial charge in [0.15, 0.2) is 0 Å². The molecule has 22 heavy (non-hydrogen) atoms. The highest BCUT2D eigenvalue weighted by molar-refractivity contribution is 5.92. The normalized spacial score (nSPS) is 11.1. The fourth-order valence-electron chi connectivity index (χ4n) is 2.72. The summed E-state index contributed by atoms with van der Waals surface area (Å²) < 4.78 is 0. The van der Waals surface area contributed by atoms with Crippen LogP contribution in [0.25, 0.3) is 33.1 Å². The largest absolute Gasteiger partial charge is 0.354 e. The van der Waals surface area contributed by atoms with Crippen LogP contribution >= 0.6 is 0 Å². The molecule has 0 spiro atoms. The molecule has 0 unspecified atom stereocenters. The van der Waals surface area contributed by atoms with E-state index in [0.29, 0.717) is 11.1 Å². The second-order valence-electron chi connectivity index (χ2n) is 5.25. The van der Waals surface area contributed by atoms with E-state index in [1.54, 1.807) is 12.1 Å². The van der Waals surface area contributed by atoms with Crippen LogP contribution in [0.5, 0.6) is 0 Å². The van der Waals surface area contributed by atoms with Gasteiger partial charge in [0.2, 0.25) is 0 Å². The van der Waals surface area contributed by atoms with Gasteiger partial charge < -0.3 is 9.97 Å². The molecule has 0 atom stereocenters. The van der Waals surface area contributed by atoms with Crippen molar-refractivity contribution in [2.45, 2.75) is 0 Å². The zero-order valence-corrected chi connectivity index (χ0v) is 11.6. The number of carbonyl (C=O) groups is 1. The molecule has 0 radical (unpaired) electrons. The standard InChI is InChI=1S/C18H12N2O2/c21-10-11-5-6-16-13(7-11)9-17(19-16)14-8-12-3-1-2-4-15(12)20-18(14)22/h1-10,19H,(H,20,22). The minimum Gasteiger partial charge on any atom is -0.354 e. The minimum absolute atomic E-state index is 0.138. The summed E-state index contributed by atoms with van der Waals surface area (Å²) in [6.07, 6.45) is 0.814. The third-order valence-electron chi connectivity index (χ3n) is 3.82. The van der Waals surface area contributed by atoms with Gasteiger partial charge in [-0.2, -0.15) is 0 Å². The number of fused-ring (bicyclic) bond motifs is 2. The van der Waals surface area contributed by atoms with Crippen molar-refractivity contribution in [3.63, 3.8) is 0 Å². The van der Waals surface area contributed by atoms with Crippen molar-refractivity contribution in [1.82, 2.24) is 9.97 Å². The molecule has 0 bridgehead atoms. The Morgan fingerprint density at radius 1 is 0.818 bits per heavy atom. The third kappa shape index (κ3) is 1.93. The van der Waals surface area contributed by atoms with Gasteiger partial charge in [-0.05, 0) is 41.8 Å². The molecule has 4 nitrogen and oxygen atoms in total. The molecule has 2 heterocycles. The van der Waals surface area contributed by atoms with E-state index in [2.05, 4.69) is 9.97 Å². The van der Waals surface area contributed by atoms with Crippen molar-refractivity contribution >= 4 is 28.1 Å². The Balaban J connectivity index is 1.96. The van der Waals surface area contributed by atoms with E-state index in [0.717, 1.165) is 33.8 Å². The van der Waals surface area contributed by atoms with Gasteiger partial charge in [0, 0.05) is 22.0 Å². The van der Waals surface area contributed by atoms with Crippen LogP contribution in [0.4, 0.5) is 0 Å². The summed E-state index contributed by atoms with van der Waals surface area (Å²) in [4.78, 5) is 29.3. The summed E-state index contributed by atoms with van der Waals surface area (Å²) in [6, 6.07) is 16.8. The van der Waals surface area contributed by atoms with Gasteiger partial charge in [0.25, 0.3) is 5.56 Å². The summed E-state index contributed by atoms with van der Waals surface area (Å²) in [5, 5.41) is 1.89. The molecule has 0 saturated heterocycles. The van der Waals surface area contributed by atoms with Crippen molar-refractivity contribution < 1.29 is 4.79 Å². The van der Waals surface area contributed by atoms with Crippen LogP contribution in [-0.4, -0.2) is 16.3 Å². The second kappa shape index (κ2) is 4.70. The fraction of sp³-hybridized carbons (Fsp3) is 0. The highest BCUT2D eigenvalue weighted by Gasteiger charge is 2.09. The third-order valence-corrected chi connectivity index (χ3v) is 3.82. The molecule has 0 saturated carbocycles. The Morgan fingerprint density at radius 3 is 2.50 bits per heavy atom. The number of carbonyl (C=O) groups excluding carboxylic acids is 1. The Bertz CT molecular complexity index is 1070. The topological polar surface area (TPSA) is 65.7 Å². The Morgan fingerprint density at radius 2 is 1.64 bits per heavy atom. The van der Waals surface area contributed by atoms with Crippen molar-refractivity contribution in [1.29, 1.82) is 0 Å². The number of benzene rings is 2. The zero-order chi connectivity index (χ0) is 15.1. The smallest absolute Gasteiger partial charge is 0.257 e. The molecular weight excluding hydrogens is 276 g/mol. The SMILES string of the molecule is O=Cc1ccc2[nH]c(-c3cc4ccccc4[nH]c3=O)cc2c1. The summed E-state index contributed by atoms with van der Waals surface area (Å²) in [6.45, 7) is 0. The number of hydrogen-bond acceptors (Lipinski definition) is 2. The Labute approximate surface area is 125 Å². The van der Waals surface area contributed by atoms with E-state index in [4.69, 9.17) is 0 Å². The van der Waals surface area contributed by atoms with E-state index in [-0.39, 0.29) is 5.56 Å². The maximum absolute atomic E-state index is 12.3. The van der Waals surface area contributed by atoms with Crippen LogP contribution in [0.1, 0.15) is 10.4 Å². The average Bonchev–Trinajstić information content (AvgIpc) is 2.96. The highest BCUT2D eigenvalue weighted by Crippen LogP contribution is 2.24. The molecule has 2 aromatic carbocycles. The number of hydrogen-bond donors (Lipinski definition) is 2. The number of nitrogens with one attached hydrogen (secondary N) is 2. The molecule has 106 valence electrons.